The standard InChI is InChI=1S/C31H48N4O7.C28H44N4O5/c1-10-21-17-25-24(34(27(37)31(8,9)41-25)16-14-32-28(38)40-11-2)18-23(21)26(36)35(20(3)4)22-13-12-15-33(19-22)29(39)42-30(5,6)7;1-9-19-15-23-22(31(14-12-29)25(34)28(7,8)36-23)16-21(19)24(33)32(18(2)3)20-11-10-13-30(17-20)26(35)37-27(4,5)6/h17-18,20,22H,10-16,19H2,1-9H3,(H,32,38);15-16,18,20H,9-14,17,29H2,1-8H3/t22-;20-/m11/s1. The van der Waals surface area contributed by atoms with Gasteiger partial charge in [-0.05, 0) is 178 Å². The van der Waals surface area contributed by atoms with E-state index < -0.39 is 28.5 Å². The second-order valence-electron chi connectivity index (χ2n) is 24.3. The van der Waals surface area contributed by atoms with Gasteiger partial charge in [0, 0.05) is 75.6 Å². The molecule has 0 radical (unpaired) electrons. The SMILES string of the molecule is CCOC(=O)NCCN1C(=O)C(C)(C)Oc2cc(CC)c(C(=O)N(C(C)C)[C@@H]3CCCN(C(=O)OC(C)(C)C)C3)cc21.CCc1cc2c(cc1C(=O)N(C(C)C)[C@@H]1CCCN(C(=O)OC(C)(C)C)C1)N(CCN)C(=O)C(C)(C)O2. The number of carbonyl (C=O) groups is 7. The van der Waals surface area contributed by atoms with Gasteiger partial charge >= 0.3 is 18.3 Å². The van der Waals surface area contributed by atoms with Gasteiger partial charge in [0.25, 0.3) is 23.6 Å². The Morgan fingerprint density at radius 3 is 1.41 bits per heavy atom. The number of amides is 7. The highest BCUT2D eigenvalue weighted by Crippen LogP contribution is 2.42. The molecule has 2 aromatic rings. The van der Waals surface area contributed by atoms with Crippen LogP contribution in [0.5, 0.6) is 11.5 Å². The molecule has 20 heteroatoms. The predicted molar refractivity (Wildman–Crippen MR) is 304 cm³/mol. The van der Waals surface area contributed by atoms with Crippen LogP contribution < -0.4 is 30.3 Å². The van der Waals surface area contributed by atoms with E-state index in [1.165, 1.54) is 0 Å². The van der Waals surface area contributed by atoms with E-state index in [0.717, 1.165) is 36.8 Å². The predicted octanol–water partition coefficient (Wildman–Crippen LogP) is 8.71. The number of fused-ring (bicyclic) bond motifs is 2. The zero-order valence-electron chi connectivity index (χ0n) is 50.4. The zero-order valence-corrected chi connectivity index (χ0v) is 50.4. The van der Waals surface area contributed by atoms with Crippen LogP contribution in [0.4, 0.5) is 25.8 Å². The molecule has 0 bridgehead atoms. The number of benzene rings is 2. The first-order valence-electron chi connectivity index (χ1n) is 28.4. The fraction of sp³-hybridized carbons (Fsp3) is 0.678. The third-order valence-electron chi connectivity index (χ3n) is 14.1. The minimum atomic E-state index is -1.12. The molecule has 0 saturated carbocycles. The average molecular weight is 1110 g/mol. The Morgan fingerprint density at radius 1 is 0.671 bits per heavy atom. The number of carbonyl (C=O) groups excluding carboxylic acids is 7. The molecule has 4 aliphatic rings. The number of nitrogens with zero attached hydrogens (tertiary/aromatic N) is 6. The van der Waals surface area contributed by atoms with E-state index in [-0.39, 0.29) is 79.7 Å². The minimum Gasteiger partial charge on any atom is -0.476 e. The number of anilines is 2. The Bertz CT molecular complexity index is 2550. The fourth-order valence-corrected chi connectivity index (χ4v) is 10.6. The van der Waals surface area contributed by atoms with E-state index in [2.05, 4.69) is 5.32 Å². The van der Waals surface area contributed by atoms with Gasteiger partial charge in [-0.2, -0.15) is 0 Å². The van der Waals surface area contributed by atoms with Gasteiger partial charge in [0.2, 0.25) is 0 Å². The van der Waals surface area contributed by atoms with Gasteiger partial charge in [0.15, 0.2) is 11.2 Å². The molecule has 2 atom stereocenters. The molecule has 0 spiro atoms. The van der Waals surface area contributed by atoms with Crippen molar-refractivity contribution in [3.8, 4) is 11.5 Å². The van der Waals surface area contributed by atoms with Crippen molar-refractivity contribution in [1.82, 2.24) is 24.9 Å². The molecular formula is C59H92N8O12. The van der Waals surface area contributed by atoms with Crippen LogP contribution in [-0.4, -0.2) is 167 Å². The number of aryl methyl sites for hydroxylation is 2. The summed E-state index contributed by atoms with van der Waals surface area (Å²) in [5, 5.41) is 2.66. The molecular weight excluding hydrogens is 1010 g/mol. The molecule has 2 saturated heterocycles. The summed E-state index contributed by atoms with van der Waals surface area (Å²) in [6.07, 6.45) is 3.01. The highest BCUT2D eigenvalue weighted by Gasteiger charge is 2.44. The fourth-order valence-electron chi connectivity index (χ4n) is 10.6. The molecule has 79 heavy (non-hydrogen) atoms. The number of ether oxygens (including phenoxy) is 5. The van der Waals surface area contributed by atoms with Crippen molar-refractivity contribution in [1.29, 1.82) is 0 Å². The van der Waals surface area contributed by atoms with Crippen molar-refractivity contribution in [2.75, 3.05) is 68.8 Å². The molecule has 4 aliphatic heterocycles. The zero-order chi connectivity index (χ0) is 59.1. The summed E-state index contributed by atoms with van der Waals surface area (Å²) in [6.45, 7) is 34.8. The lowest BCUT2D eigenvalue weighted by molar-refractivity contribution is -0.133. The Kier molecular flexibility index (Phi) is 20.8. The normalized spacial score (nSPS) is 18.8. The van der Waals surface area contributed by atoms with Gasteiger partial charge < -0.3 is 64.1 Å². The molecule has 440 valence electrons. The Labute approximate surface area is 469 Å². The van der Waals surface area contributed by atoms with Gasteiger partial charge in [-0.1, -0.05) is 13.8 Å². The molecule has 0 aliphatic carbocycles. The molecule has 2 aromatic carbocycles. The third kappa shape index (κ3) is 15.5. The first-order chi connectivity index (χ1) is 36.8. The van der Waals surface area contributed by atoms with Crippen LogP contribution in [0.25, 0.3) is 0 Å². The number of hydrogen-bond acceptors (Lipinski definition) is 13. The van der Waals surface area contributed by atoms with Crippen molar-refractivity contribution in [3.63, 3.8) is 0 Å². The summed E-state index contributed by atoms with van der Waals surface area (Å²) >= 11 is 0. The van der Waals surface area contributed by atoms with Crippen LogP contribution in [0.2, 0.25) is 0 Å². The summed E-state index contributed by atoms with van der Waals surface area (Å²) < 4.78 is 28.3. The first kappa shape index (κ1) is 63.5. The van der Waals surface area contributed by atoms with E-state index in [1.807, 2.05) is 105 Å². The van der Waals surface area contributed by atoms with Crippen molar-refractivity contribution in [2.45, 2.75) is 203 Å². The quantitative estimate of drug-likeness (QED) is 0.169. The second-order valence-corrected chi connectivity index (χ2v) is 24.3. The largest absolute Gasteiger partial charge is 0.476 e. The number of piperidine rings is 2. The highest BCUT2D eigenvalue weighted by atomic mass is 16.6. The monoisotopic (exact) mass is 1100 g/mol. The van der Waals surface area contributed by atoms with E-state index in [1.54, 1.807) is 66.4 Å². The van der Waals surface area contributed by atoms with Crippen LogP contribution >= 0.6 is 0 Å². The highest BCUT2D eigenvalue weighted by molar-refractivity contribution is 6.06. The number of nitrogens with two attached hydrogens (primary N) is 1. The molecule has 20 nitrogen and oxygen atoms in total. The van der Waals surface area contributed by atoms with Crippen molar-refractivity contribution in [3.05, 3.63) is 46.5 Å². The number of nitrogens with one attached hydrogen (secondary N) is 1. The number of likely N-dealkylation sites (tertiary alicyclic amines) is 2. The minimum absolute atomic E-state index is 0.0891. The van der Waals surface area contributed by atoms with E-state index in [9.17, 15) is 33.6 Å². The summed E-state index contributed by atoms with van der Waals surface area (Å²) in [6, 6.07) is 6.67. The summed E-state index contributed by atoms with van der Waals surface area (Å²) in [7, 11) is 0. The number of rotatable bonds is 14. The van der Waals surface area contributed by atoms with Crippen LogP contribution in [0.15, 0.2) is 24.3 Å². The number of alkyl carbamates (subject to hydrolysis) is 1. The Hall–Kier alpha value is -6.31. The lowest BCUT2D eigenvalue weighted by atomic mass is 9.96. The van der Waals surface area contributed by atoms with Crippen molar-refractivity contribution < 1.29 is 57.2 Å². The van der Waals surface area contributed by atoms with Gasteiger partial charge in [-0.3, -0.25) is 19.2 Å². The van der Waals surface area contributed by atoms with Crippen LogP contribution in [-0.2, 0) is 36.6 Å². The Balaban J connectivity index is 0.000000293. The van der Waals surface area contributed by atoms with Crippen LogP contribution in [0, 0.1) is 0 Å². The molecule has 4 heterocycles. The molecule has 3 N–H and O–H groups in total. The maximum atomic E-state index is 14.3. The lowest BCUT2D eigenvalue weighted by Gasteiger charge is -2.42. The van der Waals surface area contributed by atoms with E-state index in [4.69, 9.17) is 29.4 Å². The molecule has 0 aromatic heterocycles. The van der Waals surface area contributed by atoms with Crippen LogP contribution in [0.1, 0.15) is 175 Å². The summed E-state index contributed by atoms with van der Waals surface area (Å²) in [5.41, 5.74) is 6.23. The molecule has 7 amide bonds. The van der Waals surface area contributed by atoms with E-state index >= 15 is 0 Å². The average Bonchev–Trinajstić information content (AvgIpc) is 3.38. The van der Waals surface area contributed by atoms with Crippen LogP contribution in [0.3, 0.4) is 0 Å². The smallest absolute Gasteiger partial charge is 0.410 e. The maximum absolute atomic E-state index is 14.3. The summed E-state index contributed by atoms with van der Waals surface area (Å²) in [4.78, 5) is 103. The van der Waals surface area contributed by atoms with Crippen molar-refractivity contribution >= 4 is 53.3 Å². The molecule has 0 unspecified atom stereocenters. The number of hydrogen-bond donors (Lipinski definition) is 2. The van der Waals surface area contributed by atoms with Gasteiger partial charge in [0.1, 0.15) is 22.7 Å². The van der Waals surface area contributed by atoms with Gasteiger partial charge in [-0.15, -0.1) is 0 Å². The molecule has 6 rings (SSSR count). The third-order valence-corrected chi connectivity index (χ3v) is 14.1. The van der Waals surface area contributed by atoms with E-state index in [0.29, 0.717) is 86.1 Å². The molecule has 2 fully saturated rings. The maximum Gasteiger partial charge on any atom is 0.410 e. The lowest BCUT2D eigenvalue weighted by Crippen LogP contribution is -2.55. The summed E-state index contributed by atoms with van der Waals surface area (Å²) in [5.74, 6) is 0.349. The van der Waals surface area contributed by atoms with Gasteiger partial charge in [0.05, 0.1) is 30.1 Å². The van der Waals surface area contributed by atoms with Gasteiger partial charge in [-0.25, -0.2) is 14.4 Å². The second kappa shape index (κ2) is 25.9. The Morgan fingerprint density at radius 2 is 1.06 bits per heavy atom. The topological polar surface area (TPSA) is 223 Å². The first-order valence-corrected chi connectivity index (χ1v) is 28.4. The van der Waals surface area contributed by atoms with Crippen molar-refractivity contribution in [2.24, 2.45) is 5.73 Å².